The number of benzene rings is 1. The first-order chi connectivity index (χ1) is 9.43. The van der Waals surface area contributed by atoms with Gasteiger partial charge in [-0.25, -0.2) is 12.8 Å². The van der Waals surface area contributed by atoms with Crippen LogP contribution in [-0.2, 0) is 21.3 Å². The van der Waals surface area contributed by atoms with Crippen molar-refractivity contribution in [3.8, 4) is 0 Å². The molecule has 1 rings (SSSR count). The number of nitrogens with zero attached hydrogens (tertiary/aromatic N) is 1. The molecule has 1 N–H and O–H groups in total. The van der Waals surface area contributed by atoms with Crippen molar-refractivity contribution in [3.05, 3.63) is 29.6 Å². The zero-order chi connectivity index (χ0) is 15.2. The molecule has 0 atom stereocenters. The highest BCUT2D eigenvalue weighted by Gasteiger charge is 2.24. The summed E-state index contributed by atoms with van der Waals surface area (Å²) in [5.41, 5.74) is 0.714. The fourth-order valence-corrected chi connectivity index (χ4v) is 2.95. The molecule has 0 amide bonds. The standard InChI is InChI=1S/C13H21FN2O3S/c1-4-19-8-7-16(3)20(17,18)13-9-11(10-15-2)5-6-12(13)14/h5-6,9,15H,4,7-8,10H2,1-3H3. The molecule has 1 aromatic rings. The summed E-state index contributed by atoms with van der Waals surface area (Å²) in [5.74, 6) is -0.742. The van der Waals surface area contributed by atoms with Gasteiger partial charge in [0.2, 0.25) is 10.0 Å². The molecule has 0 saturated carbocycles. The number of sulfonamides is 1. The molecule has 5 nitrogen and oxygen atoms in total. The van der Waals surface area contributed by atoms with E-state index >= 15 is 0 Å². The molecule has 0 unspecified atom stereocenters. The van der Waals surface area contributed by atoms with Gasteiger partial charge in [-0.15, -0.1) is 0 Å². The molecule has 1 aromatic carbocycles. The Balaban J connectivity index is 2.98. The highest BCUT2D eigenvalue weighted by atomic mass is 32.2. The Hall–Kier alpha value is -1.02. The lowest BCUT2D eigenvalue weighted by Gasteiger charge is -2.18. The molecule has 0 radical (unpaired) electrons. The third kappa shape index (κ3) is 4.24. The van der Waals surface area contributed by atoms with E-state index in [1.54, 1.807) is 13.1 Å². The first-order valence-electron chi connectivity index (χ1n) is 6.40. The highest BCUT2D eigenvalue weighted by molar-refractivity contribution is 7.89. The lowest BCUT2D eigenvalue weighted by molar-refractivity contribution is 0.138. The van der Waals surface area contributed by atoms with Crippen LogP contribution >= 0.6 is 0 Å². The van der Waals surface area contributed by atoms with Crippen molar-refractivity contribution >= 4 is 10.0 Å². The molecule has 20 heavy (non-hydrogen) atoms. The second kappa shape index (κ2) is 7.68. The molecule has 0 saturated heterocycles. The molecule has 0 heterocycles. The van der Waals surface area contributed by atoms with Crippen LogP contribution in [0.1, 0.15) is 12.5 Å². The normalized spacial score (nSPS) is 12.1. The topological polar surface area (TPSA) is 58.6 Å². The van der Waals surface area contributed by atoms with Crippen molar-refractivity contribution < 1.29 is 17.5 Å². The van der Waals surface area contributed by atoms with E-state index in [1.807, 2.05) is 6.92 Å². The highest BCUT2D eigenvalue weighted by Crippen LogP contribution is 2.20. The summed E-state index contributed by atoms with van der Waals surface area (Å²) >= 11 is 0. The molecule has 0 aliphatic carbocycles. The monoisotopic (exact) mass is 304 g/mol. The van der Waals surface area contributed by atoms with E-state index in [0.29, 0.717) is 18.7 Å². The molecule has 0 spiro atoms. The Morgan fingerprint density at radius 1 is 1.40 bits per heavy atom. The van der Waals surface area contributed by atoms with Crippen molar-refractivity contribution in [2.24, 2.45) is 0 Å². The average molecular weight is 304 g/mol. The molecule has 114 valence electrons. The summed E-state index contributed by atoms with van der Waals surface area (Å²) in [4.78, 5) is -0.302. The van der Waals surface area contributed by atoms with Gasteiger partial charge in [-0.2, -0.15) is 4.31 Å². The number of likely N-dealkylation sites (N-methyl/N-ethyl adjacent to an activating group) is 1. The fourth-order valence-electron chi connectivity index (χ4n) is 1.69. The van der Waals surface area contributed by atoms with Crippen LogP contribution in [0, 0.1) is 5.82 Å². The maximum Gasteiger partial charge on any atom is 0.245 e. The van der Waals surface area contributed by atoms with Gasteiger partial charge in [-0.1, -0.05) is 6.07 Å². The predicted molar refractivity (Wildman–Crippen MR) is 75.5 cm³/mol. The number of nitrogens with one attached hydrogen (secondary N) is 1. The van der Waals surface area contributed by atoms with Crippen molar-refractivity contribution in [1.29, 1.82) is 0 Å². The maximum atomic E-state index is 13.8. The Labute approximate surface area is 119 Å². The number of hydrogen-bond donors (Lipinski definition) is 1. The van der Waals surface area contributed by atoms with E-state index in [0.717, 1.165) is 4.31 Å². The Morgan fingerprint density at radius 3 is 2.70 bits per heavy atom. The van der Waals surface area contributed by atoms with Gasteiger partial charge in [-0.05, 0) is 31.7 Å². The molecule has 0 aliphatic heterocycles. The fraction of sp³-hybridized carbons (Fsp3) is 0.538. The quantitative estimate of drug-likeness (QED) is 0.733. The zero-order valence-electron chi connectivity index (χ0n) is 12.0. The largest absolute Gasteiger partial charge is 0.380 e. The van der Waals surface area contributed by atoms with Gasteiger partial charge < -0.3 is 10.1 Å². The van der Waals surface area contributed by atoms with Crippen molar-refractivity contribution in [2.75, 3.05) is 33.9 Å². The van der Waals surface area contributed by atoms with Gasteiger partial charge in [-0.3, -0.25) is 0 Å². The minimum absolute atomic E-state index is 0.186. The molecule has 0 fully saturated rings. The van der Waals surface area contributed by atoms with Gasteiger partial charge in [0, 0.05) is 26.7 Å². The Kier molecular flexibility index (Phi) is 6.54. The second-order valence-corrected chi connectivity index (χ2v) is 6.33. The van der Waals surface area contributed by atoms with E-state index in [1.165, 1.54) is 19.2 Å². The lowest BCUT2D eigenvalue weighted by Crippen LogP contribution is -2.31. The Bertz CT molecular complexity index is 534. The number of rotatable bonds is 8. The second-order valence-electron chi connectivity index (χ2n) is 4.32. The molecular formula is C13H21FN2O3S. The van der Waals surface area contributed by atoms with Crippen LogP contribution in [0.2, 0.25) is 0 Å². The minimum atomic E-state index is -3.84. The molecule has 0 aromatic heterocycles. The SMILES string of the molecule is CCOCCN(C)S(=O)(=O)c1cc(CNC)ccc1F. The molecule has 7 heteroatoms. The van der Waals surface area contributed by atoms with Gasteiger partial charge in [0.05, 0.1) is 6.61 Å². The van der Waals surface area contributed by atoms with E-state index < -0.39 is 15.8 Å². The predicted octanol–water partition coefficient (Wildman–Crippen LogP) is 1.20. The summed E-state index contributed by atoms with van der Waals surface area (Å²) in [6.07, 6.45) is 0. The summed E-state index contributed by atoms with van der Waals surface area (Å²) < 4.78 is 44.6. The van der Waals surface area contributed by atoms with Crippen molar-refractivity contribution in [3.63, 3.8) is 0 Å². The van der Waals surface area contributed by atoms with Crippen LogP contribution < -0.4 is 5.32 Å². The third-order valence-corrected chi connectivity index (χ3v) is 4.69. The number of halogens is 1. The average Bonchev–Trinajstić information content (AvgIpc) is 2.41. The zero-order valence-corrected chi connectivity index (χ0v) is 12.8. The van der Waals surface area contributed by atoms with Crippen LogP contribution in [0.4, 0.5) is 4.39 Å². The van der Waals surface area contributed by atoms with Gasteiger partial charge >= 0.3 is 0 Å². The van der Waals surface area contributed by atoms with Crippen LogP contribution in [0.3, 0.4) is 0 Å². The molecule has 0 aliphatic rings. The van der Waals surface area contributed by atoms with Gasteiger partial charge in [0.1, 0.15) is 10.7 Å². The van der Waals surface area contributed by atoms with E-state index in [2.05, 4.69) is 5.32 Å². The molecular weight excluding hydrogens is 283 g/mol. The summed E-state index contributed by atoms with van der Waals surface area (Å²) in [7, 11) is -0.683. The maximum absolute atomic E-state index is 13.8. The van der Waals surface area contributed by atoms with Crippen LogP contribution in [0.5, 0.6) is 0 Å². The van der Waals surface area contributed by atoms with E-state index in [9.17, 15) is 12.8 Å². The minimum Gasteiger partial charge on any atom is -0.380 e. The van der Waals surface area contributed by atoms with Crippen LogP contribution in [-0.4, -0.2) is 46.6 Å². The first-order valence-corrected chi connectivity index (χ1v) is 7.84. The first kappa shape index (κ1) is 17.0. The molecule has 0 bridgehead atoms. The van der Waals surface area contributed by atoms with Crippen molar-refractivity contribution in [2.45, 2.75) is 18.4 Å². The van der Waals surface area contributed by atoms with Crippen molar-refractivity contribution in [1.82, 2.24) is 9.62 Å². The van der Waals surface area contributed by atoms with Crippen LogP contribution in [0.25, 0.3) is 0 Å². The lowest BCUT2D eigenvalue weighted by atomic mass is 10.2. The summed E-state index contributed by atoms with van der Waals surface area (Å²) in [6.45, 7) is 3.29. The van der Waals surface area contributed by atoms with Gasteiger partial charge in [0.25, 0.3) is 0 Å². The van der Waals surface area contributed by atoms with E-state index in [-0.39, 0.29) is 18.0 Å². The number of hydrogen-bond acceptors (Lipinski definition) is 4. The number of ether oxygens (including phenoxy) is 1. The summed E-state index contributed by atoms with van der Waals surface area (Å²) in [6, 6.07) is 4.10. The smallest absolute Gasteiger partial charge is 0.245 e. The van der Waals surface area contributed by atoms with Crippen LogP contribution in [0.15, 0.2) is 23.1 Å². The Morgan fingerprint density at radius 2 is 2.10 bits per heavy atom. The third-order valence-electron chi connectivity index (χ3n) is 2.82. The van der Waals surface area contributed by atoms with E-state index in [4.69, 9.17) is 4.74 Å². The summed E-state index contributed by atoms with van der Waals surface area (Å²) in [5, 5.41) is 2.90. The van der Waals surface area contributed by atoms with Gasteiger partial charge in [0.15, 0.2) is 0 Å².